The number of para-hydroxylation sites is 2. The lowest BCUT2D eigenvalue weighted by Crippen LogP contribution is -2.26. The van der Waals surface area contributed by atoms with Crippen molar-refractivity contribution in [2.75, 3.05) is 0 Å². The molecule has 2 aromatic carbocycles. The molecule has 2 heterocycles. The van der Waals surface area contributed by atoms with Gasteiger partial charge in [0.25, 0.3) is 0 Å². The van der Waals surface area contributed by atoms with Crippen molar-refractivity contribution in [3.63, 3.8) is 0 Å². The maximum absolute atomic E-state index is 12.6. The maximum Gasteiger partial charge on any atom is 0.220 e. The molecule has 142 valence electrons. The lowest BCUT2D eigenvalue weighted by molar-refractivity contribution is -0.122. The van der Waals surface area contributed by atoms with Crippen LogP contribution >= 0.6 is 0 Å². The summed E-state index contributed by atoms with van der Waals surface area (Å²) < 4.78 is 2.11. The fourth-order valence-electron chi connectivity index (χ4n) is 4.13. The summed E-state index contributed by atoms with van der Waals surface area (Å²) in [5, 5.41) is 4.38. The first-order valence-electron chi connectivity index (χ1n) is 9.87. The third kappa shape index (κ3) is 3.07. The Kier molecular flexibility index (Phi) is 3.97. The zero-order chi connectivity index (χ0) is 19.3. The molecule has 1 saturated carbocycles. The number of aromatic nitrogens is 3. The second-order valence-corrected chi connectivity index (χ2v) is 7.98. The molecule has 5 rings (SSSR count). The molecule has 0 bridgehead atoms. The number of amides is 1. The van der Waals surface area contributed by atoms with Gasteiger partial charge in [0.05, 0.1) is 17.1 Å². The second-order valence-electron chi connectivity index (χ2n) is 7.98. The predicted octanol–water partition coefficient (Wildman–Crippen LogP) is 4.43. The van der Waals surface area contributed by atoms with E-state index in [1.54, 1.807) is 0 Å². The fourth-order valence-corrected chi connectivity index (χ4v) is 4.13. The number of aryl methyl sites for hydroxylation is 1. The first-order valence-corrected chi connectivity index (χ1v) is 9.87. The highest BCUT2D eigenvalue weighted by molar-refractivity contribution is 5.81. The van der Waals surface area contributed by atoms with Crippen LogP contribution in [0.3, 0.4) is 0 Å². The molecule has 2 N–H and O–H groups in total. The Morgan fingerprint density at radius 3 is 3.00 bits per heavy atom. The predicted molar refractivity (Wildman–Crippen MR) is 111 cm³/mol. The quantitative estimate of drug-likeness (QED) is 0.544. The Hall–Kier alpha value is -3.08. The summed E-state index contributed by atoms with van der Waals surface area (Å²) >= 11 is 0. The van der Waals surface area contributed by atoms with Gasteiger partial charge in [-0.2, -0.15) is 0 Å². The smallest absolute Gasteiger partial charge is 0.220 e. The van der Waals surface area contributed by atoms with Gasteiger partial charge in [0.15, 0.2) is 0 Å². The van der Waals surface area contributed by atoms with Gasteiger partial charge in [-0.3, -0.25) is 4.79 Å². The number of aromatic amines is 1. The summed E-state index contributed by atoms with van der Waals surface area (Å²) in [4.78, 5) is 20.6. The van der Waals surface area contributed by atoms with Gasteiger partial charge in [0, 0.05) is 31.1 Å². The molecular formula is C23H24N4O. The molecule has 3 atom stereocenters. The van der Waals surface area contributed by atoms with E-state index in [1.807, 2.05) is 38.2 Å². The van der Waals surface area contributed by atoms with Crippen molar-refractivity contribution in [3.8, 4) is 0 Å². The fraction of sp³-hybridized carbons (Fsp3) is 0.304. The van der Waals surface area contributed by atoms with Gasteiger partial charge >= 0.3 is 0 Å². The van der Waals surface area contributed by atoms with Crippen molar-refractivity contribution in [1.82, 2.24) is 19.9 Å². The minimum Gasteiger partial charge on any atom is -0.351 e. The number of rotatable bonds is 5. The number of hydrogen-bond donors (Lipinski definition) is 2. The van der Waals surface area contributed by atoms with E-state index in [9.17, 15) is 4.79 Å². The molecule has 1 fully saturated rings. The van der Waals surface area contributed by atoms with E-state index < -0.39 is 0 Å². The summed E-state index contributed by atoms with van der Waals surface area (Å²) in [6.45, 7) is 2.05. The lowest BCUT2D eigenvalue weighted by atomic mass is 10.1. The van der Waals surface area contributed by atoms with Gasteiger partial charge in [0.1, 0.15) is 5.82 Å². The van der Waals surface area contributed by atoms with Crippen LogP contribution in [0.2, 0.25) is 0 Å². The molecule has 0 spiro atoms. The summed E-state index contributed by atoms with van der Waals surface area (Å²) in [6.07, 6.45) is 3.64. The molecule has 1 amide bonds. The molecule has 0 radical (unpaired) electrons. The van der Waals surface area contributed by atoms with Crippen LogP contribution in [0.4, 0.5) is 0 Å². The average Bonchev–Trinajstić information content (AvgIpc) is 3.15. The topological polar surface area (TPSA) is 62.7 Å². The molecule has 5 heteroatoms. The Morgan fingerprint density at radius 1 is 1.29 bits per heavy atom. The Morgan fingerprint density at radius 2 is 2.14 bits per heavy atom. The molecule has 0 aliphatic heterocycles. The zero-order valence-electron chi connectivity index (χ0n) is 16.1. The monoisotopic (exact) mass is 372 g/mol. The number of H-pyrrole nitrogens is 1. The van der Waals surface area contributed by atoms with Crippen molar-refractivity contribution < 1.29 is 4.79 Å². The molecular weight excluding hydrogens is 348 g/mol. The van der Waals surface area contributed by atoms with Gasteiger partial charge in [-0.05, 0) is 54.5 Å². The van der Waals surface area contributed by atoms with E-state index >= 15 is 0 Å². The number of imidazole rings is 1. The van der Waals surface area contributed by atoms with E-state index in [0.29, 0.717) is 18.3 Å². The summed E-state index contributed by atoms with van der Waals surface area (Å²) in [5.41, 5.74) is 4.38. The molecule has 1 aliphatic rings. The van der Waals surface area contributed by atoms with Gasteiger partial charge in [-0.25, -0.2) is 4.98 Å². The summed E-state index contributed by atoms with van der Waals surface area (Å²) in [7, 11) is 2.04. The minimum absolute atomic E-state index is 0.00444. The number of hydrogen-bond acceptors (Lipinski definition) is 2. The highest BCUT2D eigenvalue weighted by Crippen LogP contribution is 2.48. The SMILES string of the molecule is C[C@@H](NC(=O)C[C@@H]1C[C@@H]1c1nc2ccccc2[nH]1)c1ccc2ccn(C)c2c1. The van der Waals surface area contributed by atoms with Crippen LogP contribution in [-0.4, -0.2) is 20.4 Å². The molecule has 2 aromatic heterocycles. The van der Waals surface area contributed by atoms with Crippen LogP contribution < -0.4 is 5.32 Å². The van der Waals surface area contributed by atoms with E-state index in [0.717, 1.165) is 28.8 Å². The number of fused-ring (bicyclic) bond motifs is 2. The highest BCUT2D eigenvalue weighted by Gasteiger charge is 2.41. The molecule has 0 unspecified atom stereocenters. The summed E-state index contributed by atoms with van der Waals surface area (Å²) in [6, 6.07) is 16.5. The van der Waals surface area contributed by atoms with Crippen molar-refractivity contribution >= 4 is 27.8 Å². The maximum atomic E-state index is 12.6. The first-order chi connectivity index (χ1) is 13.6. The van der Waals surface area contributed by atoms with Gasteiger partial charge < -0.3 is 14.9 Å². The molecule has 5 nitrogen and oxygen atoms in total. The van der Waals surface area contributed by atoms with Gasteiger partial charge in [0.2, 0.25) is 5.91 Å². The number of carbonyl (C=O) groups excluding carboxylic acids is 1. The third-order valence-electron chi connectivity index (χ3n) is 5.92. The number of nitrogens with one attached hydrogen (secondary N) is 2. The van der Waals surface area contributed by atoms with Crippen LogP contribution in [0.5, 0.6) is 0 Å². The normalized spacial score (nSPS) is 19.8. The molecule has 1 aliphatic carbocycles. The van der Waals surface area contributed by atoms with Gasteiger partial charge in [-0.1, -0.05) is 24.3 Å². The van der Waals surface area contributed by atoms with Crippen LogP contribution in [0.15, 0.2) is 54.7 Å². The summed E-state index contributed by atoms with van der Waals surface area (Å²) in [5.74, 6) is 1.88. The van der Waals surface area contributed by atoms with Crippen LogP contribution in [-0.2, 0) is 11.8 Å². The van der Waals surface area contributed by atoms with E-state index in [-0.39, 0.29) is 11.9 Å². The Balaban J connectivity index is 1.22. The van der Waals surface area contributed by atoms with E-state index in [4.69, 9.17) is 0 Å². The van der Waals surface area contributed by atoms with Crippen LogP contribution in [0, 0.1) is 5.92 Å². The van der Waals surface area contributed by atoms with Crippen molar-refractivity contribution in [3.05, 3.63) is 66.1 Å². The lowest BCUT2D eigenvalue weighted by Gasteiger charge is -2.15. The number of benzene rings is 2. The van der Waals surface area contributed by atoms with Crippen molar-refractivity contribution in [2.24, 2.45) is 13.0 Å². The Labute approximate surface area is 163 Å². The highest BCUT2D eigenvalue weighted by atomic mass is 16.1. The molecule has 0 saturated heterocycles. The zero-order valence-corrected chi connectivity index (χ0v) is 16.1. The molecule has 4 aromatic rings. The van der Waals surface area contributed by atoms with Gasteiger partial charge in [-0.15, -0.1) is 0 Å². The van der Waals surface area contributed by atoms with Crippen molar-refractivity contribution in [1.29, 1.82) is 0 Å². The number of nitrogens with zero attached hydrogens (tertiary/aromatic N) is 2. The number of carbonyl (C=O) groups is 1. The average molecular weight is 372 g/mol. The van der Waals surface area contributed by atoms with E-state index in [1.165, 1.54) is 10.9 Å². The van der Waals surface area contributed by atoms with Crippen LogP contribution in [0.1, 0.15) is 43.1 Å². The standard InChI is InChI=1S/C23H24N4O/c1-14(16-8-7-15-9-10-27(2)21(15)12-16)24-22(28)13-17-11-18(17)23-25-19-5-3-4-6-20(19)26-23/h3-10,12,14,17-18H,11,13H2,1-2H3,(H,24,28)(H,25,26)/t14-,17+,18+/m1/s1. The van der Waals surface area contributed by atoms with Crippen molar-refractivity contribution in [2.45, 2.75) is 31.7 Å². The van der Waals surface area contributed by atoms with E-state index in [2.05, 4.69) is 50.3 Å². The Bertz CT molecular complexity index is 1140. The second kappa shape index (κ2) is 6.51. The largest absolute Gasteiger partial charge is 0.351 e. The van der Waals surface area contributed by atoms with Crippen LogP contribution in [0.25, 0.3) is 21.9 Å². The third-order valence-corrected chi connectivity index (χ3v) is 5.92. The molecule has 28 heavy (non-hydrogen) atoms. The first kappa shape index (κ1) is 17.0. The minimum atomic E-state index is -0.00444.